The van der Waals surface area contributed by atoms with Crippen LogP contribution in [0.5, 0.6) is 0 Å². The van der Waals surface area contributed by atoms with Crippen molar-refractivity contribution in [2.45, 2.75) is 24.3 Å². The number of hydrogen-bond acceptors (Lipinski definition) is 6. The van der Waals surface area contributed by atoms with Crippen molar-refractivity contribution >= 4 is 27.3 Å². The van der Waals surface area contributed by atoms with Gasteiger partial charge >= 0.3 is 0 Å². The quantitative estimate of drug-likeness (QED) is 0.610. The fourth-order valence-electron chi connectivity index (χ4n) is 3.48. The lowest BCUT2D eigenvalue weighted by Crippen LogP contribution is -2.45. The maximum Gasteiger partial charge on any atom is 0.243 e. The Labute approximate surface area is 184 Å². The molecular weight excluding hydrogens is 439 g/mol. The molecule has 0 bridgehead atoms. The maximum atomic E-state index is 13.1. The van der Waals surface area contributed by atoms with Crippen LogP contribution >= 0.6 is 11.3 Å². The number of halogens is 1. The molecular formula is C21H21FN4O3S2. The van der Waals surface area contributed by atoms with Gasteiger partial charge in [0.05, 0.1) is 23.1 Å². The smallest absolute Gasteiger partial charge is 0.243 e. The molecule has 1 aliphatic heterocycles. The first kappa shape index (κ1) is 21.5. The van der Waals surface area contributed by atoms with E-state index in [0.717, 1.165) is 28.4 Å². The molecule has 0 saturated carbocycles. The predicted octanol–water partition coefficient (Wildman–Crippen LogP) is 3.06. The number of rotatable bonds is 6. The van der Waals surface area contributed by atoms with Crippen LogP contribution in [-0.4, -0.2) is 41.7 Å². The minimum Gasteiger partial charge on any atom is -0.349 e. The predicted molar refractivity (Wildman–Crippen MR) is 115 cm³/mol. The molecule has 0 spiro atoms. The summed E-state index contributed by atoms with van der Waals surface area (Å²) in [5.74, 6) is -1.13. The lowest BCUT2D eigenvalue weighted by atomic mass is 9.99. The van der Waals surface area contributed by atoms with Gasteiger partial charge in [0.2, 0.25) is 15.9 Å². The van der Waals surface area contributed by atoms with Crippen LogP contribution in [-0.2, 0) is 21.4 Å². The number of pyridine rings is 1. The third kappa shape index (κ3) is 4.97. The summed E-state index contributed by atoms with van der Waals surface area (Å²) in [6, 6.07) is 8.48. The first-order valence-electron chi connectivity index (χ1n) is 9.82. The number of thiazole rings is 1. The zero-order valence-corrected chi connectivity index (χ0v) is 18.2. The van der Waals surface area contributed by atoms with E-state index in [0.29, 0.717) is 19.4 Å². The van der Waals surface area contributed by atoms with Gasteiger partial charge in [0.25, 0.3) is 0 Å². The molecule has 1 saturated heterocycles. The van der Waals surface area contributed by atoms with E-state index in [1.807, 2.05) is 17.5 Å². The molecule has 2 aromatic heterocycles. The molecule has 0 radical (unpaired) electrons. The Bertz CT molecular complexity index is 1150. The van der Waals surface area contributed by atoms with E-state index in [2.05, 4.69) is 15.3 Å². The van der Waals surface area contributed by atoms with Crippen molar-refractivity contribution in [1.82, 2.24) is 19.6 Å². The first-order valence-corrected chi connectivity index (χ1v) is 12.1. The van der Waals surface area contributed by atoms with Crippen LogP contribution < -0.4 is 5.32 Å². The lowest BCUT2D eigenvalue weighted by Gasteiger charge is -2.31. The van der Waals surface area contributed by atoms with Gasteiger partial charge in [-0.15, -0.1) is 11.3 Å². The Morgan fingerprint density at radius 3 is 2.68 bits per heavy atom. The molecule has 1 N–H and O–H groups in total. The highest BCUT2D eigenvalue weighted by Crippen LogP contribution is 2.25. The largest absolute Gasteiger partial charge is 0.349 e. The summed E-state index contributed by atoms with van der Waals surface area (Å²) in [5, 5.41) is 5.57. The molecule has 1 atom stereocenters. The van der Waals surface area contributed by atoms with Crippen LogP contribution in [0.15, 0.2) is 59.1 Å². The van der Waals surface area contributed by atoms with Gasteiger partial charge in [-0.25, -0.2) is 17.8 Å². The summed E-state index contributed by atoms with van der Waals surface area (Å²) in [6.07, 6.45) is 4.60. The van der Waals surface area contributed by atoms with Crippen LogP contribution in [0, 0.1) is 11.7 Å². The second-order valence-corrected chi connectivity index (χ2v) is 10.1. The minimum atomic E-state index is -3.77. The summed E-state index contributed by atoms with van der Waals surface area (Å²) in [5.41, 5.74) is 1.78. The van der Waals surface area contributed by atoms with Crippen molar-refractivity contribution < 1.29 is 17.6 Å². The second kappa shape index (κ2) is 9.21. The van der Waals surface area contributed by atoms with Gasteiger partial charge in [-0.3, -0.25) is 9.78 Å². The number of amides is 1. The van der Waals surface area contributed by atoms with E-state index in [1.165, 1.54) is 27.8 Å². The SMILES string of the molecule is O=C(NCc1nc(-c2ccncc2)cs1)C1CCCN(S(=O)(=O)c2ccc(F)cc2)C1. The fraction of sp³-hybridized carbons (Fsp3) is 0.286. The minimum absolute atomic E-state index is 0.0291. The van der Waals surface area contributed by atoms with Crippen LogP contribution in [0.1, 0.15) is 17.8 Å². The molecule has 1 aromatic carbocycles. The molecule has 1 unspecified atom stereocenters. The van der Waals surface area contributed by atoms with Gasteiger partial charge in [-0.05, 0) is 49.2 Å². The number of carbonyl (C=O) groups excluding carboxylic acids is 1. The number of aromatic nitrogens is 2. The van der Waals surface area contributed by atoms with Gasteiger partial charge in [0, 0.05) is 36.4 Å². The average molecular weight is 461 g/mol. The molecule has 3 aromatic rings. The summed E-state index contributed by atoms with van der Waals surface area (Å²) >= 11 is 1.45. The Hall–Kier alpha value is -2.69. The van der Waals surface area contributed by atoms with Crippen LogP contribution in [0.4, 0.5) is 4.39 Å². The number of carbonyl (C=O) groups is 1. The van der Waals surface area contributed by atoms with E-state index in [1.54, 1.807) is 12.4 Å². The normalized spacial score (nSPS) is 17.4. The van der Waals surface area contributed by atoms with Gasteiger partial charge in [-0.1, -0.05) is 0 Å². The zero-order valence-electron chi connectivity index (χ0n) is 16.6. The van der Waals surface area contributed by atoms with Crippen molar-refractivity contribution in [3.63, 3.8) is 0 Å². The van der Waals surface area contributed by atoms with Gasteiger partial charge < -0.3 is 5.32 Å². The van der Waals surface area contributed by atoms with Crippen molar-refractivity contribution in [1.29, 1.82) is 0 Å². The summed E-state index contributed by atoms with van der Waals surface area (Å²) in [7, 11) is -3.77. The number of piperidine rings is 1. The molecule has 1 fully saturated rings. The number of hydrogen-bond donors (Lipinski definition) is 1. The van der Waals surface area contributed by atoms with Crippen molar-refractivity contribution in [3.8, 4) is 11.3 Å². The average Bonchev–Trinajstić information content (AvgIpc) is 3.27. The van der Waals surface area contributed by atoms with Crippen LogP contribution in [0.2, 0.25) is 0 Å². The highest BCUT2D eigenvalue weighted by atomic mass is 32.2. The molecule has 162 valence electrons. The Kier molecular flexibility index (Phi) is 6.40. The maximum absolute atomic E-state index is 13.1. The van der Waals surface area contributed by atoms with Gasteiger partial charge in [0.15, 0.2) is 0 Å². The van der Waals surface area contributed by atoms with Gasteiger partial charge in [0.1, 0.15) is 10.8 Å². The van der Waals surface area contributed by atoms with Crippen molar-refractivity contribution in [3.05, 3.63) is 65.0 Å². The van der Waals surface area contributed by atoms with E-state index < -0.39 is 21.8 Å². The van der Waals surface area contributed by atoms with Crippen LogP contribution in [0.3, 0.4) is 0 Å². The van der Waals surface area contributed by atoms with E-state index >= 15 is 0 Å². The third-order valence-electron chi connectivity index (χ3n) is 5.15. The zero-order chi connectivity index (χ0) is 21.8. The standard InChI is InChI=1S/C21H21FN4O3S2/c22-17-3-5-18(6-4-17)31(28,29)26-11-1-2-16(13-26)21(27)24-12-20-25-19(14-30-20)15-7-9-23-10-8-15/h3-10,14,16H,1-2,11-13H2,(H,24,27). The van der Waals surface area contributed by atoms with Crippen molar-refractivity contribution in [2.24, 2.45) is 5.92 Å². The Morgan fingerprint density at radius 2 is 1.94 bits per heavy atom. The molecule has 1 aliphatic rings. The molecule has 10 heteroatoms. The van der Waals surface area contributed by atoms with E-state index in [4.69, 9.17) is 0 Å². The molecule has 3 heterocycles. The molecule has 1 amide bonds. The highest BCUT2D eigenvalue weighted by Gasteiger charge is 2.33. The van der Waals surface area contributed by atoms with E-state index in [-0.39, 0.29) is 23.9 Å². The topological polar surface area (TPSA) is 92.3 Å². The number of sulfonamides is 1. The third-order valence-corrected chi connectivity index (χ3v) is 7.88. The summed E-state index contributed by atoms with van der Waals surface area (Å²) < 4.78 is 40.1. The van der Waals surface area contributed by atoms with Crippen LogP contribution in [0.25, 0.3) is 11.3 Å². The number of benzene rings is 1. The fourth-order valence-corrected chi connectivity index (χ4v) is 5.75. The molecule has 7 nitrogen and oxygen atoms in total. The molecule has 0 aliphatic carbocycles. The second-order valence-electron chi connectivity index (χ2n) is 7.24. The molecule has 4 rings (SSSR count). The summed E-state index contributed by atoms with van der Waals surface area (Å²) in [6.45, 7) is 0.729. The lowest BCUT2D eigenvalue weighted by molar-refractivity contribution is -0.126. The van der Waals surface area contributed by atoms with Gasteiger partial charge in [-0.2, -0.15) is 4.31 Å². The Morgan fingerprint density at radius 1 is 1.19 bits per heavy atom. The highest BCUT2D eigenvalue weighted by molar-refractivity contribution is 7.89. The molecule has 31 heavy (non-hydrogen) atoms. The monoisotopic (exact) mass is 460 g/mol. The Balaban J connectivity index is 1.37. The number of nitrogens with one attached hydrogen (secondary N) is 1. The van der Waals surface area contributed by atoms with E-state index in [9.17, 15) is 17.6 Å². The number of nitrogens with zero attached hydrogens (tertiary/aromatic N) is 3. The summed E-state index contributed by atoms with van der Waals surface area (Å²) in [4.78, 5) is 21.2. The first-order chi connectivity index (χ1) is 14.9. The van der Waals surface area contributed by atoms with Crippen molar-refractivity contribution in [2.75, 3.05) is 13.1 Å².